The van der Waals surface area contributed by atoms with Gasteiger partial charge in [0.2, 0.25) is 0 Å². The van der Waals surface area contributed by atoms with Gasteiger partial charge in [-0.25, -0.2) is 0 Å². The third kappa shape index (κ3) is 3.69. The Labute approximate surface area is 84.6 Å². The van der Waals surface area contributed by atoms with E-state index in [0.717, 1.165) is 54.3 Å². The molecule has 0 spiro atoms. The maximum absolute atomic E-state index is 8.33. The van der Waals surface area contributed by atoms with Crippen LogP contribution >= 0.6 is 11.8 Å². The average Bonchev–Trinajstić information content (AvgIpc) is 2.03. The first-order valence-corrected chi connectivity index (χ1v) is 10.6. The van der Waals surface area contributed by atoms with E-state index in [2.05, 4.69) is 5.40 Å². The number of nitrogens with zero attached hydrogens (tertiary/aromatic N) is 1. The van der Waals surface area contributed by atoms with Gasteiger partial charge in [-0.05, 0) is 0 Å². The van der Waals surface area contributed by atoms with E-state index in [1.807, 2.05) is 0 Å². The molecule has 1 nitrogen and oxygen atoms in total. The van der Waals surface area contributed by atoms with Gasteiger partial charge in [-0.3, -0.25) is 0 Å². The molecule has 56 valence electrons. The molecule has 0 bridgehead atoms. The molecule has 0 aliphatic carbocycles. The summed E-state index contributed by atoms with van der Waals surface area (Å²) >= 11 is 4.26. The standard InChI is InChI=1S/C5H7NSSe3/c6-2-7-1-5-9-3-8-4-10-5/h5H,1,3-4H2. The van der Waals surface area contributed by atoms with E-state index >= 15 is 0 Å². The van der Waals surface area contributed by atoms with Crippen LogP contribution in [0.25, 0.3) is 0 Å². The van der Waals surface area contributed by atoms with Crippen LogP contribution in [0.1, 0.15) is 0 Å². The van der Waals surface area contributed by atoms with E-state index in [4.69, 9.17) is 5.26 Å². The van der Waals surface area contributed by atoms with Gasteiger partial charge in [0, 0.05) is 0 Å². The SMILES string of the molecule is N#CSCC1[Se]C[Se]C[Se]1. The van der Waals surface area contributed by atoms with Crippen LogP contribution in [0.15, 0.2) is 0 Å². The molecule has 5 heteroatoms. The van der Waals surface area contributed by atoms with Crippen LogP contribution in [-0.2, 0) is 0 Å². The monoisotopic (exact) mass is 353 g/mol. The van der Waals surface area contributed by atoms with E-state index in [9.17, 15) is 0 Å². The molecule has 10 heavy (non-hydrogen) atoms. The molecule has 0 saturated carbocycles. The van der Waals surface area contributed by atoms with E-state index in [-0.39, 0.29) is 0 Å². The van der Waals surface area contributed by atoms with E-state index in [1.165, 1.54) is 20.2 Å². The molecule has 0 radical (unpaired) electrons. The third-order valence-electron chi connectivity index (χ3n) is 0.959. The zero-order valence-electron chi connectivity index (χ0n) is 5.28. The molecule has 0 aromatic heterocycles. The second-order valence-electron chi connectivity index (χ2n) is 1.61. The molecule has 0 amide bonds. The summed E-state index contributed by atoms with van der Waals surface area (Å²) in [5.74, 6) is 1.13. The van der Waals surface area contributed by atoms with Crippen LogP contribution < -0.4 is 0 Å². The molecule has 0 aromatic rings. The van der Waals surface area contributed by atoms with Crippen LogP contribution in [0.3, 0.4) is 0 Å². The summed E-state index contributed by atoms with van der Waals surface area (Å²) in [4.78, 5) is 0. The van der Waals surface area contributed by atoms with Gasteiger partial charge >= 0.3 is 85.2 Å². The van der Waals surface area contributed by atoms with E-state index in [0.29, 0.717) is 0 Å². The van der Waals surface area contributed by atoms with Crippen LogP contribution in [0, 0.1) is 10.7 Å². The molecule has 0 unspecified atom stereocenters. The molecule has 1 saturated heterocycles. The summed E-state index contributed by atoms with van der Waals surface area (Å²) in [6, 6.07) is 0. The number of thiocyanates is 1. The van der Waals surface area contributed by atoms with Crippen molar-refractivity contribution >= 4 is 56.6 Å². The molecule has 1 aliphatic rings. The predicted octanol–water partition coefficient (Wildman–Crippen LogP) is 0.824. The summed E-state index contributed by atoms with van der Waals surface area (Å²) < 4.78 is 4.04. The molecule has 0 N–H and O–H groups in total. The van der Waals surface area contributed by atoms with Gasteiger partial charge in [-0.15, -0.1) is 0 Å². The van der Waals surface area contributed by atoms with Crippen molar-refractivity contribution in [3.05, 3.63) is 0 Å². The fraction of sp³-hybridized carbons (Fsp3) is 0.800. The van der Waals surface area contributed by atoms with Gasteiger partial charge in [-0.1, -0.05) is 0 Å². The Morgan fingerprint density at radius 1 is 1.50 bits per heavy atom. The number of hydrogen-bond acceptors (Lipinski definition) is 2. The summed E-state index contributed by atoms with van der Waals surface area (Å²) in [7, 11) is 0. The summed E-state index contributed by atoms with van der Waals surface area (Å²) in [6.07, 6.45) is 0. The van der Waals surface area contributed by atoms with Crippen LogP contribution in [-0.4, -0.2) is 50.6 Å². The van der Waals surface area contributed by atoms with Gasteiger partial charge < -0.3 is 0 Å². The number of rotatable bonds is 2. The average molecular weight is 350 g/mol. The van der Waals surface area contributed by atoms with Crippen molar-refractivity contribution in [2.75, 3.05) is 5.75 Å². The summed E-state index contributed by atoms with van der Waals surface area (Å²) in [6.45, 7) is 0. The van der Waals surface area contributed by atoms with Gasteiger partial charge in [0.15, 0.2) is 0 Å². The number of hydrogen-bond donors (Lipinski definition) is 0. The third-order valence-corrected chi connectivity index (χ3v) is 15.6. The fourth-order valence-corrected chi connectivity index (χ4v) is 21.7. The molecule has 1 aliphatic heterocycles. The first-order valence-electron chi connectivity index (χ1n) is 2.75. The van der Waals surface area contributed by atoms with Crippen molar-refractivity contribution in [3.8, 4) is 5.40 Å². The van der Waals surface area contributed by atoms with Crippen LogP contribution in [0.4, 0.5) is 0 Å². The molecular weight excluding hydrogens is 343 g/mol. The van der Waals surface area contributed by atoms with Crippen molar-refractivity contribution in [2.45, 2.75) is 12.2 Å². The van der Waals surface area contributed by atoms with E-state index in [1.54, 1.807) is 0 Å². The maximum atomic E-state index is 8.33. The summed E-state index contributed by atoms with van der Waals surface area (Å²) in [5.41, 5.74) is 0. The van der Waals surface area contributed by atoms with Crippen molar-refractivity contribution in [1.29, 1.82) is 5.26 Å². The van der Waals surface area contributed by atoms with Crippen molar-refractivity contribution in [3.63, 3.8) is 0 Å². The van der Waals surface area contributed by atoms with Gasteiger partial charge in [0.1, 0.15) is 0 Å². The second-order valence-corrected chi connectivity index (χ2v) is 14.7. The minimum absolute atomic E-state index is 0.905. The van der Waals surface area contributed by atoms with Gasteiger partial charge in [-0.2, -0.15) is 0 Å². The van der Waals surface area contributed by atoms with Gasteiger partial charge in [0.05, 0.1) is 0 Å². The number of nitriles is 1. The molecule has 1 heterocycles. The Kier molecular flexibility index (Phi) is 5.67. The van der Waals surface area contributed by atoms with E-state index < -0.39 is 0 Å². The number of thioether (sulfide) groups is 1. The zero-order chi connectivity index (χ0) is 7.23. The normalized spacial score (nSPS) is 20.3. The van der Waals surface area contributed by atoms with Crippen LogP contribution in [0.5, 0.6) is 0 Å². The fourth-order valence-electron chi connectivity index (χ4n) is 0.532. The van der Waals surface area contributed by atoms with Crippen LogP contribution in [0.2, 0.25) is 12.2 Å². The Morgan fingerprint density at radius 3 is 2.80 bits per heavy atom. The quantitative estimate of drug-likeness (QED) is 0.544. The second kappa shape index (κ2) is 5.98. The zero-order valence-corrected chi connectivity index (χ0v) is 11.2. The molecular formula is C5H7NSSe3. The molecule has 1 fully saturated rings. The van der Waals surface area contributed by atoms with Gasteiger partial charge in [0.25, 0.3) is 0 Å². The Morgan fingerprint density at radius 2 is 2.20 bits per heavy atom. The van der Waals surface area contributed by atoms with Crippen molar-refractivity contribution < 1.29 is 0 Å². The Balaban J connectivity index is 2.09. The predicted molar refractivity (Wildman–Crippen MR) is 48.7 cm³/mol. The molecule has 1 rings (SSSR count). The first kappa shape index (κ1) is 9.49. The van der Waals surface area contributed by atoms with Crippen molar-refractivity contribution in [1.82, 2.24) is 0 Å². The topological polar surface area (TPSA) is 23.8 Å². The minimum atomic E-state index is 0.905. The molecule has 0 atom stereocenters. The Hall–Kier alpha value is 1.40. The first-order chi connectivity index (χ1) is 4.93. The molecule has 0 aromatic carbocycles. The van der Waals surface area contributed by atoms with Crippen molar-refractivity contribution in [2.24, 2.45) is 0 Å². The Bertz CT molecular complexity index is 129. The summed E-state index contributed by atoms with van der Waals surface area (Å²) in [5, 5.41) is 10.5.